The normalized spacial score (nSPS) is 15.3. The first kappa shape index (κ1) is 22.2. The highest BCUT2D eigenvalue weighted by molar-refractivity contribution is 7.89. The van der Waals surface area contributed by atoms with Crippen LogP contribution < -0.4 is 9.46 Å². The molecule has 1 aromatic rings. The first-order valence-electron chi connectivity index (χ1n) is 9.56. The number of likely N-dealkylation sites (tertiary alicyclic amines) is 1. The van der Waals surface area contributed by atoms with Crippen molar-refractivity contribution in [1.82, 2.24) is 9.62 Å². The van der Waals surface area contributed by atoms with E-state index < -0.39 is 10.0 Å². The number of ether oxygens (including phenoxy) is 2. The van der Waals surface area contributed by atoms with Crippen LogP contribution in [0.25, 0.3) is 0 Å². The van der Waals surface area contributed by atoms with Gasteiger partial charge in [0.2, 0.25) is 10.0 Å². The molecule has 2 rings (SSSR count). The van der Waals surface area contributed by atoms with Crippen LogP contribution in [0.1, 0.15) is 44.0 Å². The minimum atomic E-state index is -3.78. The minimum absolute atomic E-state index is 0.0524. The second kappa shape index (κ2) is 9.88. The van der Waals surface area contributed by atoms with Crippen LogP contribution in [-0.2, 0) is 19.6 Å². The van der Waals surface area contributed by atoms with Crippen LogP contribution in [0.5, 0.6) is 5.75 Å². The Morgan fingerprint density at radius 3 is 2.39 bits per heavy atom. The van der Waals surface area contributed by atoms with E-state index in [4.69, 9.17) is 9.47 Å². The summed E-state index contributed by atoms with van der Waals surface area (Å²) in [5, 5.41) is 0. The molecular formula is C19H28N2O6S. The highest BCUT2D eigenvalue weighted by atomic mass is 32.2. The predicted molar refractivity (Wildman–Crippen MR) is 104 cm³/mol. The molecule has 1 saturated heterocycles. The predicted octanol–water partition coefficient (Wildman–Crippen LogP) is 1.80. The molecule has 9 heteroatoms. The Morgan fingerprint density at radius 2 is 1.82 bits per heavy atom. The third-order valence-electron chi connectivity index (χ3n) is 4.52. The maximum absolute atomic E-state index is 12.9. The molecule has 1 aliphatic rings. The van der Waals surface area contributed by atoms with Crippen LogP contribution in [-0.4, -0.2) is 58.0 Å². The zero-order valence-electron chi connectivity index (χ0n) is 16.6. The average molecular weight is 413 g/mol. The van der Waals surface area contributed by atoms with Crippen LogP contribution >= 0.6 is 0 Å². The largest absolute Gasteiger partial charge is 0.492 e. The van der Waals surface area contributed by atoms with Crippen molar-refractivity contribution in [2.45, 2.75) is 38.5 Å². The van der Waals surface area contributed by atoms with Gasteiger partial charge in [0, 0.05) is 25.2 Å². The van der Waals surface area contributed by atoms with Crippen LogP contribution in [0.15, 0.2) is 23.1 Å². The Balaban J connectivity index is 2.19. The highest BCUT2D eigenvalue weighted by Gasteiger charge is 2.29. The van der Waals surface area contributed by atoms with Gasteiger partial charge in [-0.05, 0) is 44.9 Å². The van der Waals surface area contributed by atoms with E-state index >= 15 is 0 Å². The number of carbonyl (C=O) groups is 2. The lowest BCUT2D eigenvalue weighted by Gasteiger charge is -2.31. The maximum Gasteiger partial charge on any atom is 0.309 e. The van der Waals surface area contributed by atoms with Gasteiger partial charge in [-0.1, -0.05) is 6.92 Å². The number of rotatable bonds is 8. The van der Waals surface area contributed by atoms with Crippen LogP contribution in [0, 0.1) is 5.92 Å². The number of nitrogens with zero attached hydrogens (tertiary/aromatic N) is 1. The SMILES string of the molecule is CCNS(=O)(=O)c1cc(C(=O)N2CCC(C(=O)OCC)CC2)ccc1OCC. The monoisotopic (exact) mass is 412 g/mol. The molecule has 0 aliphatic carbocycles. The lowest BCUT2D eigenvalue weighted by Crippen LogP contribution is -2.40. The van der Waals surface area contributed by atoms with Gasteiger partial charge in [0.25, 0.3) is 5.91 Å². The fraction of sp³-hybridized carbons (Fsp3) is 0.579. The molecule has 1 fully saturated rings. The fourth-order valence-electron chi connectivity index (χ4n) is 3.15. The summed E-state index contributed by atoms with van der Waals surface area (Å²) in [6.45, 7) is 6.93. The molecule has 0 radical (unpaired) electrons. The molecule has 0 atom stereocenters. The smallest absolute Gasteiger partial charge is 0.309 e. The molecule has 8 nitrogen and oxygen atoms in total. The van der Waals surface area contributed by atoms with Gasteiger partial charge >= 0.3 is 5.97 Å². The number of benzene rings is 1. The average Bonchev–Trinajstić information content (AvgIpc) is 2.68. The number of nitrogens with one attached hydrogen (secondary N) is 1. The Hall–Kier alpha value is -2.13. The summed E-state index contributed by atoms with van der Waals surface area (Å²) in [7, 11) is -3.78. The van der Waals surface area contributed by atoms with Gasteiger partial charge in [-0.3, -0.25) is 9.59 Å². The third kappa shape index (κ3) is 5.23. The highest BCUT2D eigenvalue weighted by Crippen LogP contribution is 2.27. The van der Waals surface area contributed by atoms with E-state index in [-0.39, 0.29) is 40.5 Å². The van der Waals surface area contributed by atoms with Gasteiger partial charge in [-0.15, -0.1) is 0 Å². The van der Waals surface area contributed by atoms with Crippen molar-refractivity contribution < 1.29 is 27.5 Å². The van der Waals surface area contributed by atoms with Gasteiger partial charge < -0.3 is 14.4 Å². The molecule has 1 aromatic carbocycles. The van der Waals surface area contributed by atoms with Crippen molar-refractivity contribution in [3.63, 3.8) is 0 Å². The van der Waals surface area contributed by atoms with Crippen molar-refractivity contribution in [2.75, 3.05) is 32.8 Å². The zero-order valence-corrected chi connectivity index (χ0v) is 17.4. The Labute approximate surface area is 166 Å². The minimum Gasteiger partial charge on any atom is -0.492 e. The Morgan fingerprint density at radius 1 is 1.14 bits per heavy atom. The van der Waals surface area contributed by atoms with Crippen LogP contribution in [0.2, 0.25) is 0 Å². The van der Waals surface area contributed by atoms with Gasteiger partial charge in [-0.25, -0.2) is 13.1 Å². The molecule has 0 bridgehead atoms. The van der Waals surface area contributed by atoms with Gasteiger partial charge in [0.1, 0.15) is 10.6 Å². The first-order valence-corrected chi connectivity index (χ1v) is 11.0. The summed E-state index contributed by atoms with van der Waals surface area (Å²) in [5.74, 6) is -0.483. The van der Waals surface area contributed by atoms with Crippen molar-refractivity contribution in [3.8, 4) is 5.75 Å². The quantitative estimate of drug-likeness (QED) is 0.653. The Bertz CT molecular complexity index is 801. The number of hydrogen-bond acceptors (Lipinski definition) is 6. The molecule has 156 valence electrons. The van der Waals surface area contributed by atoms with Gasteiger partial charge in [0.15, 0.2) is 0 Å². The topological polar surface area (TPSA) is 102 Å². The van der Waals surface area contributed by atoms with E-state index in [0.717, 1.165) is 0 Å². The first-order chi connectivity index (χ1) is 13.3. The van der Waals surface area contributed by atoms with Crippen LogP contribution in [0.3, 0.4) is 0 Å². The Kier molecular flexibility index (Phi) is 7.82. The molecule has 1 N–H and O–H groups in total. The van der Waals surface area contributed by atoms with Crippen LogP contribution in [0.4, 0.5) is 0 Å². The number of esters is 1. The van der Waals surface area contributed by atoms with E-state index in [1.165, 1.54) is 12.1 Å². The standard InChI is InChI=1S/C19H28N2O6S/c1-4-20-28(24,25)17-13-15(7-8-16(17)26-5-2)18(22)21-11-9-14(10-12-21)19(23)27-6-3/h7-8,13-14,20H,4-6,9-12H2,1-3H3. The molecule has 1 aliphatic heterocycles. The molecule has 0 unspecified atom stereocenters. The zero-order chi connectivity index (χ0) is 20.7. The van der Waals surface area contributed by atoms with Crippen molar-refractivity contribution in [2.24, 2.45) is 5.92 Å². The molecular weight excluding hydrogens is 384 g/mol. The van der Waals surface area contributed by atoms with Crippen molar-refractivity contribution in [1.29, 1.82) is 0 Å². The van der Waals surface area contributed by atoms with E-state index in [1.807, 2.05) is 0 Å². The molecule has 1 heterocycles. The summed E-state index contributed by atoms with van der Waals surface area (Å²) in [4.78, 5) is 26.3. The second-order valence-electron chi connectivity index (χ2n) is 6.41. The number of piperidine rings is 1. The second-order valence-corrected chi connectivity index (χ2v) is 8.15. The van der Waals surface area contributed by atoms with E-state index in [2.05, 4.69) is 4.72 Å². The number of sulfonamides is 1. The van der Waals surface area contributed by atoms with Gasteiger partial charge in [-0.2, -0.15) is 0 Å². The van der Waals surface area contributed by atoms with Gasteiger partial charge in [0.05, 0.1) is 19.1 Å². The van der Waals surface area contributed by atoms with Crippen molar-refractivity contribution in [3.05, 3.63) is 23.8 Å². The number of carbonyl (C=O) groups excluding carboxylic acids is 2. The molecule has 1 amide bonds. The molecule has 28 heavy (non-hydrogen) atoms. The summed E-state index contributed by atoms with van der Waals surface area (Å²) < 4.78 is 37.9. The summed E-state index contributed by atoms with van der Waals surface area (Å²) in [6, 6.07) is 4.42. The summed E-state index contributed by atoms with van der Waals surface area (Å²) in [6.07, 6.45) is 1.06. The third-order valence-corrected chi connectivity index (χ3v) is 6.08. The molecule has 0 spiro atoms. The summed E-state index contributed by atoms with van der Waals surface area (Å²) in [5.41, 5.74) is 0.273. The van der Waals surface area contributed by atoms with E-state index in [1.54, 1.807) is 31.7 Å². The van der Waals surface area contributed by atoms with Crippen molar-refractivity contribution >= 4 is 21.9 Å². The van der Waals surface area contributed by atoms with E-state index in [0.29, 0.717) is 39.1 Å². The number of amides is 1. The maximum atomic E-state index is 12.9. The fourth-order valence-corrected chi connectivity index (χ4v) is 4.36. The number of hydrogen-bond donors (Lipinski definition) is 1. The molecule has 0 saturated carbocycles. The lowest BCUT2D eigenvalue weighted by atomic mass is 9.96. The summed E-state index contributed by atoms with van der Waals surface area (Å²) >= 11 is 0. The molecule has 0 aromatic heterocycles. The lowest BCUT2D eigenvalue weighted by molar-refractivity contribution is -0.149. The van der Waals surface area contributed by atoms with E-state index in [9.17, 15) is 18.0 Å².